The quantitative estimate of drug-likeness (QED) is 0.387. The maximum absolute atomic E-state index is 13.6. The summed E-state index contributed by atoms with van der Waals surface area (Å²) in [4.78, 5) is 15.6. The highest BCUT2D eigenvalue weighted by atomic mass is 16.5. The fourth-order valence-corrected chi connectivity index (χ4v) is 4.92. The molecule has 0 bridgehead atoms. The Labute approximate surface area is 210 Å². The Bertz CT molecular complexity index is 1410. The first-order valence-corrected chi connectivity index (χ1v) is 12.2. The van der Waals surface area contributed by atoms with E-state index in [2.05, 4.69) is 23.6 Å². The molecule has 7 heteroatoms. The third-order valence-electron chi connectivity index (χ3n) is 6.83. The Morgan fingerprint density at radius 1 is 0.944 bits per heavy atom. The summed E-state index contributed by atoms with van der Waals surface area (Å²) in [5.41, 5.74) is 5.37. The van der Waals surface area contributed by atoms with Gasteiger partial charge in [0, 0.05) is 29.1 Å². The number of amides is 1. The lowest BCUT2D eigenvalue weighted by molar-refractivity contribution is 0.0667. The number of nitrogens with one attached hydrogen (secondary N) is 1. The highest BCUT2D eigenvalue weighted by Gasteiger charge is 2.43. The Morgan fingerprint density at radius 3 is 2.44 bits per heavy atom. The van der Waals surface area contributed by atoms with Gasteiger partial charge in [0.15, 0.2) is 11.5 Å². The predicted molar refractivity (Wildman–Crippen MR) is 138 cm³/mol. The second-order valence-electron chi connectivity index (χ2n) is 9.22. The monoisotopic (exact) mass is 480 g/mol. The Hall–Kier alpha value is -4.26. The number of aromatic nitrogens is 2. The van der Waals surface area contributed by atoms with Crippen molar-refractivity contribution >= 4 is 11.6 Å². The molecule has 7 nitrogen and oxygen atoms in total. The maximum atomic E-state index is 13.6. The number of hydrogen-bond acceptors (Lipinski definition) is 5. The van der Waals surface area contributed by atoms with Gasteiger partial charge in [-0.05, 0) is 48.7 Å². The molecule has 1 amide bonds. The molecule has 0 spiro atoms. The minimum absolute atomic E-state index is 0.0610. The third-order valence-corrected chi connectivity index (χ3v) is 6.83. The van der Waals surface area contributed by atoms with Crippen LogP contribution < -0.4 is 14.8 Å². The first-order chi connectivity index (χ1) is 17.7. The number of ether oxygens (including phenoxy) is 2. The molecule has 36 heavy (non-hydrogen) atoms. The smallest absolute Gasteiger partial charge is 0.258 e. The van der Waals surface area contributed by atoms with Crippen LogP contribution in [0.15, 0.2) is 79.0 Å². The number of carbonyl (C=O) groups is 1. The van der Waals surface area contributed by atoms with Gasteiger partial charge in [0.2, 0.25) is 0 Å². The summed E-state index contributed by atoms with van der Waals surface area (Å²) in [6.45, 7) is 0.627. The number of anilines is 1. The molecule has 1 aromatic heterocycles. The van der Waals surface area contributed by atoms with E-state index in [0.29, 0.717) is 23.6 Å². The molecule has 1 aliphatic heterocycles. The first kappa shape index (κ1) is 22.2. The van der Waals surface area contributed by atoms with Crippen LogP contribution in [-0.2, 0) is 6.54 Å². The molecule has 1 atom stereocenters. The van der Waals surface area contributed by atoms with Gasteiger partial charge in [-0.25, -0.2) is 0 Å². The summed E-state index contributed by atoms with van der Waals surface area (Å²) >= 11 is 0. The van der Waals surface area contributed by atoms with Crippen molar-refractivity contribution < 1.29 is 14.3 Å². The molecule has 1 N–H and O–H groups in total. The molecule has 1 aliphatic carbocycles. The van der Waals surface area contributed by atoms with Crippen LogP contribution in [0.1, 0.15) is 40.5 Å². The van der Waals surface area contributed by atoms with E-state index in [0.717, 1.165) is 40.9 Å². The largest absolute Gasteiger partial charge is 0.493 e. The van der Waals surface area contributed by atoms with E-state index in [9.17, 15) is 4.79 Å². The SMILES string of the molecule is COc1ccc(-c2nn(Cc3ccccc3)cc2[C@H]2Nc3ccccc3C(=O)N2C2CC2)cc1OC. The fraction of sp³-hybridized carbons (Fsp3) is 0.241. The van der Waals surface area contributed by atoms with Crippen molar-refractivity contribution in [1.82, 2.24) is 14.7 Å². The number of rotatable bonds is 7. The van der Waals surface area contributed by atoms with Gasteiger partial charge in [-0.3, -0.25) is 9.48 Å². The molecular weight excluding hydrogens is 452 g/mol. The van der Waals surface area contributed by atoms with Crippen LogP contribution in [-0.4, -0.2) is 40.8 Å². The van der Waals surface area contributed by atoms with Gasteiger partial charge in [0.1, 0.15) is 6.17 Å². The molecular formula is C29H28N4O3. The zero-order valence-electron chi connectivity index (χ0n) is 20.3. The molecule has 4 aromatic rings. The van der Waals surface area contributed by atoms with E-state index < -0.39 is 0 Å². The van der Waals surface area contributed by atoms with Gasteiger partial charge in [-0.15, -0.1) is 0 Å². The minimum atomic E-state index is -0.326. The lowest BCUT2D eigenvalue weighted by Crippen LogP contribution is -2.44. The van der Waals surface area contributed by atoms with Crippen molar-refractivity contribution in [2.45, 2.75) is 31.6 Å². The number of para-hydroxylation sites is 1. The van der Waals surface area contributed by atoms with E-state index in [1.165, 1.54) is 0 Å². The van der Waals surface area contributed by atoms with Gasteiger partial charge in [-0.2, -0.15) is 5.10 Å². The average Bonchev–Trinajstić information content (AvgIpc) is 3.67. The average molecular weight is 481 g/mol. The molecule has 1 fully saturated rings. The van der Waals surface area contributed by atoms with Crippen molar-refractivity contribution in [3.63, 3.8) is 0 Å². The molecule has 0 radical (unpaired) electrons. The molecule has 3 aromatic carbocycles. The van der Waals surface area contributed by atoms with Crippen LogP contribution in [0.5, 0.6) is 11.5 Å². The summed E-state index contributed by atoms with van der Waals surface area (Å²) < 4.78 is 13.0. The van der Waals surface area contributed by atoms with Crippen LogP contribution in [0.4, 0.5) is 5.69 Å². The minimum Gasteiger partial charge on any atom is -0.493 e. The summed E-state index contributed by atoms with van der Waals surface area (Å²) in [5, 5.41) is 8.67. The number of hydrogen-bond donors (Lipinski definition) is 1. The summed E-state index contributed by atoms with van der Waals surface area (Å²) in [6.07, 6.45) is 3.76. The highest BCUT2D eigenvalue weighted by Crippen LogP contribution is 2.43. The van der Waals surface area contributed by atoms with Gasteiger partial charge in [0.05, 0.1) is 32.0 Å². The molecule has 1 saturated carbocycles. The van der Waals surface area contributed by atoms with Gasteiger partial charge < -0.3 is 19.7 Å². The van der Waals surface area contributed by atoms with Crippen molar-refractivity contribution in [2.75, 3.05) is 19.5 Å². The second-order valence-corrected chi connectivity index (χ2v) is 9.22. The molecule has 182 valence electrons. The van der Waals surface area contributed by atoms with Gasteiger partial charge in [-0.1, -0.05) is 42.5 Å². The van der Waals surface area contributed by atoms with Crippen molar-refractivity contribution in [2.24, 2.45) is 0 Å². The lowest BCUT2D eigenvalue weighted by atomic mass is 10.0. The van der Waals surface area contributed by atoms with Crippen molar-refractivity contribution in [3.8, 4) is 22.8 Å². The molecule has 2 heterocycles. The van der Waals surface area contributed by atoms with Crippen LogP contribution in [0, 0.1) is 0 Å². The summed E-state index contributed by atoms with van der Waals surface area (Å²) in [5.74, 6) is 1.35. The number of methoxy groups -OCH3 is 2. The van der Waals surface area contributed by atoms with Crippen LogP contribution >= 0.6 is 0 Å². The number of benzene rings is 3. The summed E-state index contributed by atoms with van der Waals surface area (Å²) in [6, 6.07) is 24.0. The van der Waals surface area contributed by atoms with E-state index in [1.807, 2.05) is 70.2 Å². The third kappa shape index (κ3) is 3.96. The fourth-order valence-electron chi connectivity index (χ4n) is 4.92. The zero-order chi connectivity index (χ0) is 24.6. The van der Waals surface area contributed by atoms with Crippen LogP contribution in [0.3, 0.4) is 0 Å². The van der Waals surface area contributed by atoms with Crippen molar-refractivity contribution in [1.29, 1.82) is 0 Å². The van der Waals surface area contributed by atoms with E-state index in [-0.39, 0.29) is 18.1 Å². The Kier molecular flexibility index (Phi) is 5.60. The van der Waals surface area contributed by atoms with E-state index in [1.54, 1.807) is 14.2 Å². The first-order valence-electron chi connectivity index (χ1n) is 12.2. The molecule has 0 unspecified atom stereocenters. The Morgan fingerprint density at radius 2 is 1.69 bits per heavy atom. The maximum Gasteiger partial charge on any atom is 0.258 e. The zero-order valence-corrected chi connectivity index (χ0v) is 20.3. The second kappa shape index (κ2) is 9.07. The lowest BCUT2D eigenvalue weighted by Gasteiger charge is -2.38. The van der Waals surface area contributed by atoms with E-state index in [4.69, 9.17) is 14.6 Å². The summed E-state index contributed by atoms with van der Waals surface area (Å²) in [7, 11) is 3.25. The number of nitrogens with zero attached hydrogens (tertiary/aromatic N) is 3. The predicted octanol–water partition coefficient (Wildman–Crippen LogP) is 5.34. The molecule has 0 saturated heterocycles. The van der Waals surface area contributed by atoms with E-state index >= 15 is 0 Å². The topological polar surface area (TPSA) is 68.6 Å². The normalized spacial score (nSPS) is 16.9. The number of fused-ring (bicyclic) bond motifs is 1. The van der Waals surface area contributed by atoms with Gasteiger partial charge >= 0.3 is 0 Å². The molecule has 6 rings (SSSR count). The number of carbonyl (C=O) groups excluding carboxylic acids is 1. The van der Waals surface area contributed by atoms with Crippen molar-refractivity contribution in [3.05, 3.63) is 95.7 Å². The van der Waals surface area contributed by atoms with Crippen LogP contribution in [0.25, 0.3) is 11.3 Å². The standard InChI is InChI=1S/C29H28N4O3/c1-35-25-15-12-20(16-26(25)36-2)27-23(18-32(31-27)17-19-8-4-3-5-9-19)28-30-24-11-7-6-10-22(24)29(34)33(28)21-13-14-21/h3-12,15-16,18,21,28,30H,13-14,17H2,1-2H3/t28-/m0/s1. The van der Waals surface area contributed by atoms with Gasteiger partial charge in [0.25, 0.3) is 5.91 Å². The molecule has 2 aliphatic rings. The highest BCUT2D eigenvalue weighted by molar-refractivity contribution is 6.02. The Balaban J connectivity index is 1.48. The van der Waals surface area contributed by atoms with Crippen LogP contribution in [0.2, 0.25) is 0 Å².